The van der Waals surface area contributed by atoms with E-state index in [-0.39, 0.29) is 18.0 Å². The summed E-state index contributed by atoms with van der Waals surface area (Å²) < 4.78 is 38.6. The van der Waals surface area contributed by atoms with Crippen molar-refractivity contribution >= 4 is 26.9 Å². The van der Waals surface area contributed by atoms with Crippen molar-refractivity contribution in [2.45, 2.75) is 24.0 Å². The molecule has 0 amide bonds. The van der Waals surface area contributed by atoms with Gasteiger partial charge in [-0.05, 0) is 43.3 Å². The van der Waals surface area contributed by atoms with Gasteiger partial charge >= 0.3 is 5.97 Å². The second-order valence-corrected chi connectivity index (χ2v) is 9.17. The van der Waals surface area contributed by atoms with E-state index in [1.165, 1.54) is 19.2 Å². The van der Waals surface area contributed by atoms with Crippen molar-refractivity contribution in [3.8, 4) is 5.75 Å². The van der Waals surface area contributed by atoms with E-state index in [0.29, 0.717) is 12.4 Å². The van der Waals surface area contributed by atoms with Crippen molar-refractivity contribution in [3.63, 3.8) is 0 Å². The molecule has 0 radical (unpaired) electrons. The molecule has 0 saturated carbocycles. The smallest absolute Gasteiger partial charge is 0.329 e. The van der Waals surface area contributed by atoms with Gasteiger partial charge in [-0.1, -0.05) is 18.2 Å². The van der Waals surface area contributed by atoms with Crippen molar-refractivity contribution in [2.75, 3.05) is 20.2 Å². The average molecular weight is 442 g/mol. The molecule has 0 unspecified atom stereocenters. The first-order valence-electron chi connectivity index (χ1n) is 9.74. The van der Waals surface area contributed by atoms with Gasteiger partial charge in [0.05, 0.1) is 17.5 Å². The lowest BCUT2D eigenvalue weighted by atomic mass is 9.94. The molecular weight excluding hydrogens is 418 g/mol. The van der Waals surface area contributed by atoms with E-state index in [2.05, 4.69) is 15.0 Å². The maximum absolute atomic E-state index is 12.7. The number of para-hydroxylation sites is 1. The normalized spacial score (nSPS) is 15.3. The van der Waals surface area contributed by atoms with Gasteiger partial charge in [-0.3, -0.25) is 4.98 Å². The molecule has 0 bridgehead atoms. The number of hydrogen-bond acceptors (Lipinski definition) is 7. The number of esters is 1. The van der Waals surface area contributed by atoms with Crippen LogP contribution in [0.15, 0.2) is 59.5 Å². The van der Waals surface area contributed by atoms with Crippen molar-refractivity contribution < 1.29 is 22.7 Å². The maximum atomic E-state index is 12.7. The van der Waals surface area contributed by atoms with Crippen LogP contribution in [0.1, 0.15) is 11.3 Å². The Bertz CT molecular complexity index is 1220. The number of carbonyl (C=O) groups excluding carboxylic acids is 1. The predicted octanol–water partition coefficient (Wildman–Crippen LogP) is 1.92. The molecule has 0 spiro atoms. The Labute approximate surface area is 180 Å². The lowest BCUT2D eigenvalue weighted by Gasteiger charge is -2.39. The fourth-order valence-electron chi connectivity index (χ4n) is 3.54. The molecule has 0 aliphatic carbocycles. The molecule has 9 heteroatoms. The largest absolute Gasteiger partial charge is 0.489 e. The summed E-state index contributed by atoms with van der Waals surface area (Å²) in [6.45, 7) is 2.62. The number of ether oxygens (including phenoxy) is 2. The van der Waals surface area contributed by atoms with Crippen LogP contribution in [0.5, 0.6) is 5.75 Å². The van der Waals surface area contributed by atoms with Crippen LogP contribution in [-0.4, -0.2) is 45.1 Å². The van der Waals surface area contributed by atoms with Crippen molar-refractivity contribution in [1.29, 1.82) is 0 Å². The molecular formula is C22H23N3O5S. The number of nitrogens with one attached hydrogen (secondary N) is 2. The Morgan fingerprint density at radius 2 is 1.87 bits per heavy atom. The highest BCUT2D eigenvalue weighted by atomic mass is 32.2. The lowest BCUT2D eigenvalue weighted by Crippen LogP contribution is -2.73. The van der Waals surface area contributed by atoms with Gasteiger partial charge in [0.25, 0.3) is 0 Å². The van der Waals surface area contributed by atoms with E-state index in [1.807, 2.05) is 37.3 Å². The van der Waals surface area contributed by atoms with Gasteiger partial charge in [0.1, 0.15) is 12.4 Å². The second-order valence-electron chi connectivity index (χ2n) is 7.48. The van der Waals surface area contributed by atoms with Crippen molar-refractivity contribution in [1.82, 2.24) is 15.0 Å². The molecule has 1 aliphatic heterocycles. The Balaban J connectivity index is 1.48. The summed E-state index contributed by atoms with van der Waals surface area (Å²) in [5.41, 5.74) is 1.52. The summed E-state index contributed by atoms with van der Waals surface area (Å²) in [7, 11) is -2.67. The second kappa shape index (κ2) is 8.26. The number of benzene rings is 2. The molecule has 1 saturated heterocycles. The van der Waals surface area contributed by atoms with Crippen LogP contribution in [0.3, 0.4) is 0 Å². The summed E-state index contributed by atoms with van der Waals surface area (Å²) >= 11 is 0. The van der Waals surface area contributed by atoms with Crippen LogP contribution in [-0.2, 0) is 26.2 Å². The van der Waals surface area contributed by atoms with Gasteiger partial charge in [-0.25, -0.2) is 13.2 Å². The van der Waals surface area contributed by atoms with Crippen molar-refractivity contribution in [3.05, 3.63) is 65.9 Å². The number of sulfonamides is 1. The molecule has 8 nitrogen and oxygen atoms in total. The molecule has 1 aromatic heterocycles. The van der Waals surface area contributed by atoms with E-state index in [9.17, 15) is 13.2 Å². The Hall–Kier alpha value is -3.01. The topological polar surface area (TPSA) is 107 Å². The third-order valence-electron chi connectivity index (χ3n) is 5.22. The fraction of sp³-hybridized carbons (Fsp3) is 0.273. The van der Waals surface area contributed by atoms with Crippen LogP contribution in [0.25, 0.3) is 10.9 Å². The zero-order valence-electron chi connectivity index (χ0n) is 17.2. The van der Waals surface area contributed by atoms with Crippen LogP contribution in [0.4, 0.5) is 0 Å². The molecule has 2 aromatic carbocycles. The van der Waals surface area contributed by atoms with Crippen molar-refractivity contribution in [2.24, 2.45) is 0 Å². The molecule has 31 heavy (non-hydrogen) atoms. The third kappa shape index (κ3) is 4.25. The SMILES string of the molecule is COC(=O)C1(NS(=O)(=O)c2ccc(OCc3cc(C)nc4ccccc34)cc2)CNC1. The number of carbonyl (C=O) groups is 1. The molecule has 3 aromatic rings. The first-order chi connectivity index (χ1) is 14.8. The minimum atomic E-state index is -3.91. The van der Waals surface area contributed by atoms with Gasteiger partial charge in [0.15, 0.2) is 5.54 Å². The standard InChI is InChI=1S/C22H23N3O5S/c1-15-11-16(19-5-3-4-6-20(19)24-15)12-30-17-7-9-18(10-8-17)31(27,28)25-22(13-23-14-22)21(26)29-2/h3-11,23,25H,12-14H2,1-2H3. The number of methoxy groups -OCH3 is 1. The van der Waals surface area contributed by atoms with Gasteiger partial charge in [-0.2, -0.15) is 4.72 Å². The minimum absolute atomic E-state index is 0.0419. The van der Waals surface area contributed by atoms with Crippen LogP contribution < -0.4 is 14.8 Å². The highest BCUT2D eigenvalue weighted by Gasteiger charge is 2.48. The zero-order valence-corrected chi connectivity index (χ0v) is 18.0. The quantitative estimate of drug-likeness (QED) is 0.540. The number of pyridine rings is 1. The third-order valence-corrected chi connectivity index (χ3v) is 6.77. The number of hydrogen-bond donors (Lipinski definition) is 2. The Morgan fingerprint density at radius 1 is 1.16 bits per heavy atom. The number of aryl methyl sites for hydroxylation is 1. The first kappa shape index (κ1) is 21.2. The summed E-state index contributed by atoms with van der Waals surface area (Å²) in [4.78, 5) is 16.6. The van der Waals surface area contributed by atoms with Crippen LogP contribution in [0, 0.1) is 6.92 Å². The fourth-order valence-corrected chi connectivity index (χ4v) is 4.89. The monoisotopic (exact) mass is 441 g/mol. The van der Waals surface area contributed by atoms with E-state index >= 15 is 0 Å². The van der Waals surface area contributed by atoms with E-state index in [0.717, 1.165) is 22.2 Å². The number of fused-ring (bicyclic) bond motifs is 1. The van der Waals surface area contributed by atoms with E-state index < -0.39 is 21.5 Å². The van der Waals surface area contributed by atoms with Gasteiger partial charge in [0.2, 0.25) is 10.0 Å². The van der Waals surface area contributed by atoms with E-state index in [4.69, 9.17) is 9.47 Å². The summed E-state index contributed by atoms with van der Waals surface area (Å²) in [5.74, 6) is -0.0832. The van der Waals surface area contributed by atoms with Gasteiger partial charge < -0.3 is 14.8 Å². The zero-order chi connectivity index (χ0) is 22.1. The molecule has 1 fully saturated rings. The predicted molar refractivity (Wildman–Crippen MR) is 115 cm³/mol. The average Bonchev–Trinajstić information content (AvgIpc) is 2.74. The molecule has 4 rings (SSSR count). The first-order valence-corrected chi connectivity index (χ1v) is 11.2. The van der Waals surface area contributed by atoms with Gasteiger partial charge in [-0.15, -0.1) is 0 Å². The molecule has 1 aliphatic rings. The van der Waals surface area contributed by atoms with Crippen LogP contribution >= 0.6 is 0 Å². The highest BCUT2D eigenvalue weighted by molar-refractivity contribution is 7.89. The van der Waals surface area contributed by atoms with Crippen LogP contribution in [0.2, 0.25) is 0 Å². The minimum Gasteiger partial charge on any atom is -0.489 e. The Kier molecular flexibility index (Phi) is 5.65. The van der Waals surface area contributed by atoms with Gasteiger partial charge in [0, 0.05) is 29.7 Å². The Morgan fingerprint density at radius 3 is 2.52 bits per heavy atom. The molecule has 0 atom stereocenters. The number of aromatic nitrogens is 1. The summed E-state index contributed by atoms with van der Waals surface area (Å²) in [5, 5.41) is 3.91. The number of rotatable bonds is 7. The summed E-state index contributed by atoms with van der Waals surface area (Å²) in [6.07, 6.45) is 0. The number of nitrogens with zero attached hydrogens (tertiary/aromatic N) is 1. The molecule has 162 valence electrons. The van der Waals surface area contributed by atoms with E-state index in [1.54, 1.807) is 12.1 Å². The molecule has 2 N–H and O–H groups in total. The molecule has 2 heterocycles. The summed E-state index contributed by atoms with van der Waals surface area (Å²) in [6, 6.07) is 15.9. The highest BCUT2D eigenvalue weighted by Crippen LogP contribution is 2.23. The lowest BCUT2D eigenvalue weighted by molar-refractivity contribution is -0.149. The maximum Gasteiger partial charge on any atom is 0.329 e.